The maximum Gasteiger partial charge on any atom is 0.293 e. The van der Waals surface area contributed by atoms with E-state index in [0.29, 0.717) is 17.9 Å². The second-order valence-electron chi connectivity index (χ2n) is 4.54. The second-order valence-corrected chi connectivity index (χ2v) is 4.54. The number of rotatable bonds is 1. The van der Waals surface area contributed by atoms with E-state index in [4.69, 9.17) is 0 Å². The van der Waals surface area contributed by atoms with E-state index in [0.717, 1.165) is 13.1 Å². The highest BCUT2D eigenvalue weighted by atomic mass is 16.1. The number of hydrogen-bond donors (Lipinski definition) is 1. The molecule has 0 saturated carbocycles. The van der Waals surface area contributed by atoms with Crippen LogP contribution >= 0.6 is 0 Å². The molecule has 1 aromatic heterocycles. The number of hydrogen-bond acceptors (Lipinski definition) is 4. The molecule has 16 heavy (non-hydrogen) atoms. The first-order valence-corrected chi connectivity index (χ1v) is 5.60. The summed E-state index contributed by atoms with van der Waals surface area (Å²) in [6, 6.07) is 0.769. The van der Waals surface area contributed by atoms with E-state index in [9.17, 15) is 4.79 Å². The largest absolute Gasteiger partial charge is 0.349 e. The molecule has 2 unspecified atom stereocenters. The molecule has 0 aromatic carbocycles. The van der Waals surface area contributed by atoms with Crippen LogP contribution in [-0.4, -0.2) is 34.7 Å². The van der Waals surface area contributed by atoms with Crippen LogP contribution in [0.15, 0.2) is 17.2 Å². The Hall–Kier alpha value is -1.36. The van der Waals surface area contributed by atoms with E-state index in [1.165, 1.54) is 0 Å². The number of anilines is 1. The predicted molar refractivity (Wildman–Crippen MR) is 63.8 cm³/mol. The Bertz CT molecular complexity index is 418. The molecule has 0 amide bonds. The molecule has 1 aromatic rings. The van der Waals surface area contributed by atoms with Gasteiger partial charge in [-0.15, -0.1) is 0 Å². The smallest absolute Gasteiger partial charge is 0.293 e. The molecule has 2 heterocycles. The van der Waals surface area contributed by atoms with Gasteiger partial charge in [0, 0.05) is 44.6 Å². The van der Waals surface area contributed by atoms with Gasteiger partial charge in [0.2, 0.25) is 0 Å². The van der Waals surface area contributed by atoms with Crippen molar-refractivity contribution in [3.05, 3.63) is 22.7 Å². The van der Waals surface area contributed by atoms with Crippen LogP contribution in [0.4, 0.5) is 5.82 Å². The number of nitrogens with zero attached hydrogens (tertiary/aromatic N) is 3. The maximum absolute atomic E-state index is 11.9. The third kappa shape index (κ3) is 2.09. The average Bonchev–Trinajstić information content (AvgIpc) is 2.20. The second kappa shape index (κ2) is 4.25. The molecule has 1 aliphatic heterocycles. The molecule has 1 saturated heterocycles. The topological polar surface area (TPSA) is 50.2 Å². The van der Waals surface area contributed by atoms with Gasteiger partial charge in [-0.1, -0.05) is 0 Å². The number of aryl methyl sites for hydroxylation is 1. The lowest BCUT2D eigenvalue weighted by molar-refractivity contribution is 0.404. The van der Waals surface area contributed by atoms with Crippen molar-refractivity contribution in [2.75, 3.05) is 18.0 Å². The molecule has 1 N–H and O–H groups in total. The molecule has 5 heteroatoms. The molecular weight excluding hydrogens is 204 g/mol. The fourth-order valence-corrected chi connectivity index (χ4v) is 2.20. The summed E-state index contributed by atoms with van der Waals surface area (Å²) in [5, 5.41) is 3.43. The lowest BCUT2D eigenvalue weighted by atomic mass is 10.1. The van der Waals surface area contributed by atoms with Crippen molar-refractivity contribution >= 4 is 5.82 Å². The van der Waals surface area contributed by atoms with E-state index in [2.05, 4.69) is 29.0 Å². The zero-order chi connectivity index (χ0) is 11.7. The lowest BCUT2D eigenvalue weighted by Crippen LogP contribution is -2.55. The van der Waals surface area contributed by atoms with Gasteiger partial charge in [-0.25, -0.2) is 4.98 Å². The van der Waals surface area contributed by atoms with Crippen molar-refractivity contribution in [3.63, 3.8) is 0 Å². The summed E-state index contributed by atoms with van der Waals surface area (Å²) in [5.41, 5.74) is -0.0243. The molecule has 1 aliphatic rings. The van der Waals surface area contributed by atoms with Gasteiger partial charge < -0.3 is 14.8 Å². The van der Waals surface area contributed by atoms with Crippen LogP contribution in [0.2, 0.25) is 0 Å². The van der Waals surface area contributed by atoms with Gasteiger partial charge in [-0.2, -0.15) is 0 Å². The quantitative estimate of drug-likeness (QED) is 0.725. The Morgan fingerprint density at radius 3 is 2.62 bits per heavy atom. The molecule has 0 radical (unpaired) electrons. The summed E-state index contributed by atoms with van der Waals surface area (Å²) in [6.45, 7) is 5.90. The summed E-state index contributed by atoms with van der Waals surface area (Å²) < 4.78 is 1.57. The molecular formula is C11H18N4O. The summed E-state index contributed by atoms with van der Waals surface area (Å²) in [5.74, 6) is 0.560. The van der Waals surface area contributed by atoms with Gasteiger partial charge in [0.1, 0.15) is 0 Å². The summed E-state index contributed by atoms with van der Waals surface area (Å²) in [4.78, 5) is 18.2. The third-order valence-corrected chi connectivity index (χ3v) is 2.86. The third-order valence-electron chi connectivity index (χ3n) is 2.86. The molecule has 0 spiro atoms. The van der Waals surface area contributed by atoms with Crippen molar-refractivity contribution in [1.82, 2.24) is 14.9 Å². The van der Waals surface area contributed by atoms with Crippen LogP contribution in [0.3, 0.4) is 0 Å². The molecule has 1 fully saturated rings. The van der Waals surface area contributed by atoms with Crippen molar-refractivity contribution in [3.8, 4) is 0 Å². The van der Waals surface area contributed by atoms with Crippen molar-refractivity contribution in [1.29, 1.82) is 0 Å². The van der Waals surface area contributed by atoms with E-state index >= 15 is 0 Å². The first-order valence-electron chi connectivity index (χ1n) is 5.60. The zero-order valence-corrected chi connectivity index (χ0v) is 9.97. The molecule has 0 bridgehead atoms. The molecule has 88 valence electrons. The molecule has 0 aliphatic carbocycles. The van der Waals surface area contributed by atoms with Crippen molar-refractivity contribution in [2.24, 2.45) is 7.05 Å². The van der Waals surface area contributed by atoms with Gasteiger partial charge in [0.15, 0.2) is 5.82 Å². The first-order chi connectivity index (χ1) is 7.58. The summed E-state index contributed by atoms with van der Waals surface area (Å²) >= 11 is 0. The van der Waals surface area contributed by atoms with E-state index in [-0.39, 0.29) is 5.56 Å². The maximum atomic E-state index is 11.9. The summed E-state index contributed by atoms with van der Waals surface area (Å²) in [6.07, 6.45) is 3.36. The Kier molecular flexibility index (Phi) is 2.96. The number of piperazine rings is 1. The number of aromatic nitrogens is 2. The number of nitrogens with one attached hydrogen (secondary N) is 1. The average molecular weight is 222 g/mol. The van der Waals surface area contributed by atoms with E-state index in [1.54, 1.807) is 24.0 Å². The van der Waals surface area contributed by atoms with Gasteiger partial charge >= 0.3 is 0 Å². The van der Waals surface area contributed by atoms with E-state index < -0.39 is 0 Å². The van der Waals surface area contributed by atoms with Crippen LogP contribution in [0.1, 0.15) is 13.8 Å². The van der Waals surface area contributed by atoms with Crippen molar-refractivity contribution in [2.45, 2.75) is 25.9 Å². The minimum atomic E-state index is -0.0243. The van der Waals surface area contributed by atoms with Crippen LogP contribution in [0.25, 0.3) is 0 Å². The fraction of sp³-hybridized carbons (Fsp3) is 0.636. The molecule has 2 atom stereocenters. The van der Waals surface area contributed by atoms with Gasteiger partial charge in [-0.3, -0.25) is 4.79 Å². The van der Waals surface area contributed by atoms with E-state index in [1.807, 2.05) is 0 Å². The highest BCUT2D eigenvalue weighted by Gasteiger charge is 2.23. The Morgan fingerprint density at radius 1 is 1.38 bits per heavy atom. The highest BCUT2D eigenvalue weighted by molar-refractivity contribution is 5.37. The monoisotopic (exact) mass is 222 g/mol. The SMILES string of the molecule is CC1CN(c2nccn(C)c2=O)CC(C)N1. The lowest BCUT2D eigenvalue weighted by Gasteiger charge is -2.36. The normalized spacial score (nSPS) is 25.8. The Labute approximate surface area is 95.1 Å². The van der Waals surface area contributed by atoms with Crippen molar-refractivity contribution < 1.29 is 0 Å². The van der Waals surface area contributed by atoms with Gasteiger partial charge in [-0.05, 0) is 13.8 Å². The highest BCUT2D eigenvalue weighted by Crippen LogP contribution is 2.10. The zero-order valence-electron chi connectivity index (χ0n) is 9.97. The molecule has 2 rings (SSSR count). The fourth-order valence-electron chi connectivity index (χ4n) is 2.20. The Morgan fingerprint density at radius 2 is 2.00 bits per heavy atom. The summed E-state index contributed by atoms with van der Waals surface area (Å²) in [7, 11) is 1.75. The van der Waals surface area contributed by atoms with Crippen LogP contribution < -0.4 is 15.8 Å². The predicted octanol–water partition coefficient (Wildman–Crippen LogP) is -0.0331. The molecule has 5 nitrogen and oxygen atoms in total. The van der Waals surface area contributed by atoms with Crippen LogP contribution in [0.5, 0.6) is 0 Å². The van der Waals surface area contributed by atoms with Gasteiger partial charge in [0.05, 0.1) is 0 Å². The van der Waals surface area contributed by atoms with Gasteiger partial charge in [0.25, 0.3) is 5.56 Å². The Balaban J connectivity index is 2.30. The minimum absolute atomic E-state index is 0.0243. The standard InChI is InChI=1S/C11H18N4O/c1-8-6-15(7-9(2)13-8)10-11(16)14(3)5-4-12-10/h4-5,8-9,13H,6-7H2,1-3H3. The van der Waals surface area contributed by atoms with Crippen LogP contribution in [0, 0.1) is 0 Å². The minimum Gasteiger partial charge on any atom is -0.349 e. The first kappa shape index (κ1) is 11.1. The van der Waals surface area contributed by atoms with Crippen LogP contribution in [-0.2, 0) is 7.05 Å².